The normalized spacial score (nSPS) is 13.5. The molecule has 0 fully saturated rings. The summed E-state index contributed by atoms with van der Waals surface area (Å²) in [5.41, 5.74) is -0.561. The molecule has 2 aromatic rings. The molecule has 0 aliphatic rings. The number of alkyl halides is 3. The van der Waals surface area contributed by atoms with Crippen LogP contribution < -0.4 is 0 Å². The summed E-state index contributed by atoms with van der Waals surface area (Å²) in [7, 11) is -3.83. The first-order valence-corrected chi connectivity index (χ1v) is 8.14. The third-order valence-corrected chi connectivity index (χ3v) is 5.15. The highest BCUT2D eigenvalue weighted by Gasteiger charge is 2.47. The van der Waals surface area contributed by atoms with Crippen molar-refractivity contribution in [2.24, 2.45) is 0 Å². The predicted molar refractivity (Wildman–Crippen MR) is 80.6 cm³/mol. The van der Waals surface area contributed by atoms with E-state index in [0.717, 1.165) is 49.8 Å². The third-order valence-electron chi connectivity index (χ3n) is 3.36. The summed E-state index contributed by atoms with van der Waals surface area (Å²) in [6.07, 6.45) is -2.99. The fourth-order valence-electron chi connectivity index (χ4n) is 2.16. The Kier molecular flexibility index (Phi) is 5.10. The molecule has 25 heavy (non-hydrogen) atoms. The zero-order chi connectivity index (χ0) is 18.8. The highest BCUT2D eigenvalue weighted by atomic mass is 32.2. The van der Waals surface area contributed by atoms with E-state index in [1.807, 2.05) is 0 Å². The lowest BCUT2D eigenvalue weighted by molar-refractivity contribution is -0.171. The highest BCUT2D eigenvalue weighted by Crippen LogP contribution is 2.39. The van der Waals surface area contributed by atoms with Crippen LogP contribution in [0.1, 0.15) is 11.6 Å². The van der Waals surface area contributed by atoms with Crippen molar-refractivity contribution < 1.29 is 26.0 Å². The average Bonchev–Trinajstić information content (AvgIpc) is 2.55. The largest absolute Gasteiger partial charge is 0.409 e. The van der Waals surface area contributed by atoms with Gasteiger partial charge in [0.2, 0.25) is 15.7 Å². The molecule has 1 aromatic heterocycles. The molecular weight excluding hydrogens is 362 g/mol. The van der Waals surface area contributed by atoms with E-state index < -0.39 is 38.5 Å². The van der Waals surface area contributed by atoms with Gasteiger partial charge in [0.15, 0.2) is 0 Å². The van der Waals surface area contributed by atoms with Crippen LogP contribution >= 0.6 is 0 Å². The molecule has 0 aliphatic carbocycles. The average molecular weight is 373 g/mol. The van der Waals surface area contributed by atoms with Crippen molar-refractivity contribution in [3.8, 4) is 0 Å². The molecule has 0 saturated carbocycles. The van der Waals surface area contributed by atoms with E-state index in [1.165, 1.54) is 0 Å². The number of aromatic nitrogens is 1. The molecule has 0 amide bonds. The Labute approximate surface area is 141 Å². The van der Waals surface area contributed by atoms with Crippen molar-refractivity contribution in [1.82, 2.24) is 9.29 Å². The molecule has 0 spiro atoms. The number of hydrogen-bond donors (Lipinski definition) is 0. The number of sulfonamides is 1. The second-order valence-corrected chi connectivity index (χ2v) is 7.01. The van der Waals surface area contributed by atoms with Crippen molar-refractivity contribution in [2.75, 3.05) is 7.05 Å². The van der Waals surface area contributed by atoms with E-state index in [9.17, 15) is 26.0 Å². The molecule has 0 radical (unpaired) electrons. The minimum Gasteiger partial charge on any atom is -0.275 e. The Morgan fingerprint density at radius 1 is 1.20 bits per heavy atom. The van der Waals surface area contributed by atoms with Crippen LogP contribution in [0.4, 0.5) is 23.2 Å². The Hall–Kier alpha value is -2.51. The molecule has 1 atom stereocenters. The van der Waals surface area contributed by atoms with Gasteiger partial charge in [-0.3, -0.25) is 4.98 Å². The maximum Gasteiger partial charge on any atom is 0.409 e. The summed E-state index contributed by atoms with van der Waals surface area (Å²) in [6.45, 7) is 6.85. The van der Waals surface area contributed by atoms with Crippen LogP contribution in [-0.2, 0) is 10.0 Å². The number of nitrogens with zero attached hydrogens (tertiary/aromatic N) is 3. The monoisotopic (exact) mass is 373 g/mol. The van der Waals surface area contributed by atoms with Gasteiger partial charge in [-0.2, -0.15) is 17.5 Å². The fourth-order valence-corrected chi connectivity index (χ4v) is 3.48. The lowest BCUT2D eigenvalue weighted by Crippen LogP contribution is -2.39. The second-order valence-electron chi connectivity index (χ2n) is 5.01. The lowest BCUT2D eigenvalue weighted by atomic mass is 10.1. The Morgan fingerprint density at radius 2 is 1.80 bits per heavy atom. The summed E-state index contributed by atoms with van der Waals surface area (Å²) >= 11 is 0. The van der Waals surface area contributed by atoms with Gasteiger partial charge >= 0.3 is 6.18 Å². The topological polar surface area (TPSA) is 54.6 Å². The molecular formula is C15H11F4N3O2S. The molecule has 1 aromatic carbocycles. The van der Waals surface area contributed by atoms with Crippen molar-refractivity contribution >= 4 is 15.7 Å². The van der Waals surface area contributed by atoms with E-state index in [1.54, 1.807) is 0 Å². The SMILES string of the molecule is [C-]#[N+]c1cncc(S(=O)(=O)N(C)[C@@H](c2ccc(F)cc2)C(F)(F)F)c1. The molecule has 0 saturated heterocycles. The van der Waals surface area contributed by atoms with Gasteiger partial charge in [0.1, 0.15) is 11.9 Å². The molecule has 0 N–H and O–H groups in total. The maximum atomic E-state index is 13.5. The number of halogens is 4. The van der Waals surface area contributed by atoms with Gasteiger partial charge < -0.3 is 0 Å². The van der Waals surface area contributed by atoms with Crippen molar-refractivity contribution in [3.63, 3.8) is 0 Å². The van der Waals surface area contributed by atoms with Gasteiger partial charge in [0, 0.05) is 19.4 Å². The summed E-state index contributed by atoms with van der Waals surface area (Å²) in [4.78, 5) is 6.02. The first kappa shape index (κ1) is 18.8. The van der Waals surface area contributed by atoms with Gasteiger partial charge in [0.05, 0.1) is 11.5 Å². The number of benzene rings is 1. The lowest BCUT2D eigenvalue weighted by Gasteiger charge is -2.29. The first-order valence-electron chi connectivity index (χ1n) is 6.70. The number of rotatable bonds is 4. The van der Waals surface area contributed by atoms with Gasteiger partial charge in [-0.25, -0.2) is 17.7 Å². The summed E-state index contributed by atoms with van der Waals surface area (Å²) < 4.78 is 78.6. The second kappa shape index (κ2) is 6.78. The highest BCUT2D eigenvalue weighted by molar-refractivity contribution is 7.89. The van der Waals surface area contributed by atoms with Crippen LogP contribution in [-0.4, -0.2) is 30.9 Å². The third kappa shape index (κ3) is 3.94. The van der Waals surface area contributed by atoms with Crippen LogP contribution in [0, 0.1) is 12.4 Å². The molecule has 132 valence electrons. The Morgan fingerprint density at radius 3 is 2.32 bits per heavy atom. The van der Waals surface area contributed by atoms with Crippen molar-refractivity contribution in [3.05, 3.63) is 65.5 Å². The molecule has 10 heteroatoms. The molecule has 0 aliphatic heterocycles. The quantitative estimate of drug-likeness (QED) is 0.607. The van der Waals surface area contributed by atoms with Crippen molar-refractivity contribution in [1.29, 1.82) is 0 Å². The summed E-state index contributed by atoms with van der Waals surface area (Å²) in [5, 5.41) is 0. The zero-order valence-corrected chi connectivity index (χ0v) is 13.5. The van der Waals surface area contributed by atoms with Crippen LogP contribution in [0.3, 0.4) is 0 Å². The minimum absolute atomic E-state index is 0.125. The standard InChI is InChI=1S/C15H11F4N3O2S/c1-20-12-7-13(9-21-8-12)25(23,24)22(2)14(15(17,18)19)10-3-5-11(16)6-4-10/h3-9,14H,2H3/t14-/m0/s1. The summed E-state index contributed by atoms with van der Waals surface area (Å²) in [6, 6.07) is 1.78. The number of hydrogen-bond acceptors (Lipinski definition) is 3. The van der Waals surface area contributed by atoms with Gasteiger partial charge in [-0.15, -0.1) is 0 Å². The fraction of sp³-hybridized carbons (Fsp3) is 0.200. The van der Waals surface area contributed by atoms with Gasteiger partial charge in [-0.05, 0) is 23.8 Å². The van der Waals surface area contributed by atoms with E-state index in [4.69, 9.17) is 6.57 Å². The Balaban J connectivity index is 2.53. The minimum atomic E-state index is -4.94. The molecule has 2 rings (SSSR count). The molecule has 5 nitrogen and oxygen atoms in total. The molecule has 0 bridgehead atoms. The Bertz CT molecular complexity index is 906. The van der Waals surface area contributed by atoms with E-state index in [2.05, 4.69) is 9.83 Å². The smallest absolute Gasteiger partial charge is 0.275 e. The van der Waals surface area contributed by atoms with Crippen LogP contribution in [0.25, 0.3) is 4.85 Å². The van der Waals surface area contributed by atoms with Crippen LogP contribution in [0.5, 0.6) is 0 Å². The maximum absolute atomic E-state index is 13.5. The predicted octanol–water partition coefficient (Wildman–Crippen LogP) is 3.70. The molecule has 0 unspecified atom stereocenters. The van der Waals surface area contributed by atoms with Crippen LogP contribution in [0.2, 0.25) is 0 Å². The van der Waals surface area contributed by atoms with Crippen molar-refractivity contribution in [2.45, 2.75) is 17.1 Å². The van der Waals surface area contributed by atoms with E-state index in [-0.39, 0.29) is 9.99 Å². The number of pyridine rings is 1. The van der Waals surface area contributed by atoms with Gasteiger partial charge in [-0.1, -0.05) is 12.1 Å². The van der Waals surface area contributed by atoms with E-state index in [0.29, 0.717) is 0 Å². The van der Waals surface area contributed by atoms with Gasteiger partial charge in [0.25, 0.3) is 0 Å². The summed E-state index contributed by atoms with van der Waals surface area (Å²) in [5.74, 6) is -0.746. The molecule has 1 heterocycles. The zero-order valence-electron chi connectivity index (χ0n) is 12.7. The van der Waals surface area contributed by atoms with E-state index >= 15 is 0 Å². The first-order chi connectivity index (χ1) is 11.6. The van der Waals surface area contributed by atoms with Crippen LogP contribution in [0.15, 0.2) is 47.6 Å².